The Morgan fingerprint density at radius 2 is 1.54 bits per heavy atom. The molecule has 4 N–H and O–H groups in total. The summed E-state index contributed by atoms with van der Waals surface area (Å²) in [4.78, 5) is 98.6. The number of likely N-dealkylation sites (N-methyl/N-ethyl adjacent to an activating group) is 1. The molecular formula is C47H58N6O8. The smallest absolute Gasteiger partial charge is 0.290 e. The van der Waals surface area contributed by atoms with Crippen LogP contribution in [0.1, 0.15) is 99.4 Å². The predicted octanol–water partition coefficient (Wildman–Crippen LogP) is 4.44. The van der Waals surface area contributed by atoms with Gasteiger partial charge in [0.1, 0.15) is 29.6 Å². The van der Waals surface area contributed by atoms with E-state index in [0.717, 1.165) is 61.6 Å². The van der Waals surface area contributed by atoms with Crippen molar-refractivity contribution in [1.82, 2.24) is 31.1 Å². The second-order valence-electron chi connectivity index (χ2n) is 16.6. The molecule has 1 fully saturated rings. The molecule has 3 heterocycles. The van der Waals surface area contributed by atoms with Crippen molar-refractivity contribution in [3.63, 3.8) is 0 Å². The number of fused-ring (bicyclic) bond motifs is 9. The van der Waals surface area contributed by atoms with Crippen LogP contribution in [0.25, 0.3) is 0 Å². The first-order valence-electron chi connectivity index (χ1n) is 21.6. The first-order chi connectivity index (χ1) is 29.4. The number of aryl methyl sites for hydroxylation is 1. The van der Waals surface area contributed by atoms with Gasteiger partial charge in [-0.2, -0.15) is 0 Å². The minimum absolute atomic E-state index is 0.0593. The summed E-state index contributed by atoms with van der Waals surface area (Å²) in [5.41, 5.74) is 3.31. The summed E-state index contributed by atoms with van der Waals surface area (Å²) in [6.07, 6.45) is 7.64. The number of hydrogen-bond acceptors (Lipinski definition) is 8. The Hall–Kier alpha value is -6.05. The van der Waals surface area contributed by atoms with Gasteiger partial charge < -0.3 is 35.8 Å². The molecule has 324 valence electrons. The van der Waals surface area contributed by atoms with Crippen molar-refractivity contribution in [1.29, 1.82) is 0 Å². The zero-order chi connectivity index (χ0) is 43.5. The molecule has 7 rings (SSSR count). The van der Waals surface area contributed by atoms with Crippen LogP contribution in [0, 0.1) is 5.92 Å². The lowest BCUT2D eigenvalue weighted by Gasteiger charge is -2.40. The third-order valence-corrected chi connectivity index (χ3v) is 11.8. The van der Waals surface area contributed by atoms with Crippen LogP contribution in [0.2, 0.25) is 0 Å². The Bertz CT molecular complexity index is 2070. The highest BCUT2D eigenvalue weighted by Gasteiger charge is 2.42. The third-order valence-electron chi connectivity index (χ3n) is 11.8. The summed E-state index contributed by atoms with van der Waals surface area (Å²) in [7, 11) is 3.13. The molecule has 3 aliphatic heterocycles. The maximum atomic E-state index is 14.9. The van der Waals surface area contributed by atoms with Crippen molar-refractivity contribution in [2.45, 2.75) is 115 Å². The van der Waals surface area contributed by atoms with E-state index in [0.29, 0.717) is 29.9 Å². The van der Waals surface area contributed by atoms with Gasteiger partial charge in [-0.1, -0.05) is 81.1 Å². The van der Waals surface area contributed by atoms with Crippen LogP contribution in [0.5, 0.6) is 11.5 Å². The molecule has 1 aliphatic carbocycles. The molecule has 4 atom stereocenters. The van der Waals surface area contributed by atoms with Crippen molar-refractivity contribution in [3.05, 3.63) is 95.1 Å². The van der Waals surface area contributed by atoms with Crippen LogP contribution in [0.15, 0.2) is 72.8 Å². The number of nitrogens with zero attached hydrogens (tertiary/aromatic N) is 2. The monoisotopic (exact) mass is 834 g/mol. The van der Waals surface area contributed by atoms with Gasteiger partial charge in [0.25, 0.3) is 5.91 Å². The zero-order valence-corrected chi connectivity index (χ0v) is 35.4. The number of carbonyl (C=O) groups excluding carboxylic acids is 7. The van der Waals surface area contributed by atoms with Crippen molar-refractivity contribution in [2.24, 2.45) is 5.92 Å². The first-order valence-corrected chi connectivity index (χ1v) is 21.6. The van der Waals surface area contributed by atoms with Crippen molar-refractivity contribution >= 4 is 41.2 Å². The number of carbonyl (C=O) groups is 7. The van der Waals surface area contributed by atoms with Gasteiger partial charge in [-0.3, -0.25) is 33.6 Å². The summed E-state index contributed by atoms with van der Waals surface area (Å²) < 4.78 is 6.23. The van der Waals surface area contributed by atoms with Gasteiger partial charge in [-0.15, -0.1) is 0 Å². The lowest BCUT2D eigenvalue weighted by molar-refractivity contribution is -0.147. The molecule has 0 spiro atoms. The van der Waals surface area contributed by atoms with Crippen molar-refractivity contribution in [2.75, 3.05) is 20.6 Å². The molecule has 5 bridgehead atoms. The molecule has 1 saturated carbocycles. The summed E-state index contributed by atoms with van der Waals surface area (Å²) in [5.74, 6) is -3.14. The molecule has 3 aromatic rings. The quantitative estimate of drug-likeness (QED) is 0.193. The standard InChI is InChI=1S/C47H58N6O8/c1-4-13-37(43(56)45(58)48-28-40(55)51-41(46(59)52(2)3)31-15-7-5-8-16-31)49-44(57)38-27-33-22-25-36-26-34(33)29-53(38)47(60)42(32-17-9-6-10-18-32)50-39(54)19-12-11-14-30-20-23-35(61-36)24-21-30/h5,7-8,15-16,20-26,32,37-38,41-42H,4,6,9-14,17-19,27-29H2,1-3H3,(H,48,58)(H,49,57)(H,50,54)(H,51,55)/t37?,38-,41-,42-/m0/s1. The molecule has 14 nitrogen and oxygen atoms in total. The van der Waals surface area contributed by atoms with Gasteiger partial charge in [0.15, 0.2) is 0 Å². The zero-order valence-electron chi connectivity index (χ0n) is 35.4. The van der Waals surface area contributed by atoms with Crippen LogP contribution in [-0.2, 0) is 52.9 Å². The van der Waals surface area contributed by atoms with Crippen LogP contribution in [-0.4, -0.2) is 89.8 Å². The SMILES string of the molecule is CCCC(NC(=O)[C@@H]1Cc2ccc3cc2CN1C(=O)[C@H](C1CCCCC1)NC(=O)CCCCc1ccc(cc1)O3)C(=O)C(=O)NCC(=O)N[C@H](C(=O)N(C)C)c1ccccc1. The average molecular weight is 835 g/mol. The van der Waals surface area contributed by atoms with Gasteiger partial charge in [0, 0.05) is 33.5 Å². The molecule has 0 aromatic heterocycles. The topological polar surface area (TPSA) is 183 Å². The highest BCUT2D eigenvalue weighted by atomic mass is 16.5. The van der Waals surface area contributed by atoms with Gasteiger partial charge in [0.05, 0.1) is 12.6 Å². The number of rotatable bonds is 12. The number of hydrogen-bond donors (Lipinski definition) is 4. The number of nitrogens with one attached hydrogen (secondary N) is 4. The van der Waals surface area contributed by atoms with Crippen molar-refractivity contribution < 1.29 is 38.3 Å². The summed E-state index contributed by atoms with van der Waals surface area (Å²) in [5, 5.41) is 10.9. The summed E-state index contributed by atoms with van der Waals surface area (Å²) in [6, 6.07) is 17.9. The van der Waals surface area contributed by atoms with E-state index in [1.165, 1.54) is 9.80 Å². The maximum Gasteiger partial charge on any atom is 0.290 e. The largest absolute Gasteiger partial charge is 0.457 e. The summed E-state index contributed by atoms with van der Waals surface area (Å²) >= 11 is 0. The molecule has 0 saturated heterocycles. The summed E-state index contributed by atoms with van der Waals surface area (Å²) in [6.45, 7) is 1.28. The number of ether oxygens (including phenoxy) is 1. The molecule has 3 aromatic carbocycles. The Morgan fingerprint density at radius 1 is 0.836 bits per heavy atom. The fraction of sp³-hybridized carbons (Fsp3) is 0.468. The normalized spacial score (nSPS) is 19.3. The van der Waals surface area contributed by atoms with Gasteiger partial charge in [0.2, 0.25) is 35.3 Å². The molecular weight excluding hydrogens is 777 g/mol. The third kappa shape index (κ3) is 11.6. The number of Topliss-reactive ketones (excluding diaryl/α,β-unsaturated/α-hetero) is 1. The molecule has 14 heteroatoms. The molecule has 0 radical (unpaired) electrons. The Kier molecular flexibility index (Phi) is 15.3. The molecule has 61 heavy (non-hydrogen) atoms. The van der Waals surface area contributed by atoms with Gasteiger partial charge in [-0.05, 0) is 91.0 Å². The van der Waals surface area contributed by atoms with E-state index >= 15 is 0 Å². The highest BCUT2D eigenvalue weighted by molar-refractivity contribution is 6.38. The second kappa shape index (κ2) is 21.0. The van der Waals surface area contributed by atoms with Gasteiger partial charge >= 0.3 is 0 Å². The predicted molar refractivity (Wildman–Crippen MR) is 228 cm³/mol. The van der Waals surface area contributed by atoms with Crippen LogP contribution in [0.3, 0.4) is 0 Å². The lowest BCUT2D eigenvalue weighted by Crippen LogP contribution is -2.61. The molecule has 1 unspecified atom stereocenters. The van der Waals surface area contributed by atoms with E-state index < -0.39 is 54.2 Å². The number of amides is 6. The number of ketones is 1. The van der Waals surface area contributed by atoms with E-state index in [1.807, 2.05) is 49.4 Å². The fourth-order valence-corrected chi connectivity index (χ4v) is 8.47. The lowest BCUT2D eigenvalue weighted by atomic mass is 9.82. The van der Waals surface area contributed by atoms with Crippen LogP contribution in [0.4, 0.5) is 0 Å². The van der Waals surface area contributed by atoms with E-state index in [1.54, 1.807) is 44.4 Å². The molecule has 4 aliphatic rings. The number of benzene rings is 3. The van der Waals surface area contributed by atoms with E-state index in [-0.39, 0.29) is 49.4 Å². The van der Waals surface area contributed by atoms with Crippen molar-refractivity contribution in [3.8, 4) is 11.5 Å². The fourth-order valence-electron chi connectivity index (χ4n) is 8.47. The minimum atomic E-state index is -1.25. The van der Waals surface area contributed by atoms with E-state index in [4.69, 9.17) is 4.74 Å². The maximum absolute atomic E-state index is 14.9. The minimum Gasteiger partial charge on any atom is -0.457 e. The van der Waals surface area contributed by atoms with Crippen LogP contribution >= 0.6 is 0 Å². The second-order valence-corrected chi connectivity index (χ2v) is 16.6. The Morgan fingerprint density at radius 3 is 2.25 bits per heavy atom. The van der Waals surface area contributed by atoms with Gasteiger partial charge in [-0.25, -0.2) is 0 Å². The Balaban J connectivity index is 1.21. The Labute approximate surface area is 357 Å². The average Bonchev–Trinajstić information content (AvgIpc) is 3.27. The molecule has 6 amide bonds. The van der Waals surface area contributed by atoms with E-state index in [2.05, 4.69) is 21.3 Å². The van der Waals surface area contributed by atoms with Crippen LogP contribution < -0.4 is 26.0 Å². The van der Waals surface area contributed by atoms with E-state index in [9.17, 15) is 33.6 Å². The highest BCUT2D eigenvalue weighted by Crippen LogP contribution is 2.33. The first kappa shape index (κ1) is 44.5.